The van der Waals surface area contributed by atoms with Crippen molar-refractivity contribution in [3.8, 4) is 5.75 Å². The Hall–Kier alpha value is -3.19. The predicted octanol–water partition coefficient (Wildman–Crippen LogP) is 2.25. The molecule has 140 valence electrons. The number of para-hydroxylation sites is 1. The first kappa shape index (κ1) is 18.6. The molecule has 2 aromatic carbocycles. The number of carbonyl (C=O) groups excluding carboxylic acids is 2. The molecule has 1 atom stereocenters. The van der Waals surface area contributed by atoms with E-state index in [0.717, 1.165) is 12.1 Å². The number of halogens is 1. The standard InChI is InChI=1S/C20H18FNO5/c1-27-15-5-3-2-4-14(15)17-16(19(25)20(26)22(17)10-11-23)18(24)12-6-8-13(21)9-7-12/h2-9,17,23-24H,10-11H2,1H3/b18-16-. The number of hydrogen-bond acceptors (Lipinski definition) is 5. The molecule has 1 aliphatic rings. The van der Waals surface area contributed by atoms with Gasteiger partial charge in [-0.2, -0.15) is 0 Å². The Morgan fingerprint density at radius 3 is 2.44 bits per heavy atom. The third-order valence-electron chi connectivity index (χ3n) is 4.43. The van der Waals surface area contributed by atoms with Crippen LogP contribution in [0.15, 0.2) is 54.1 Å². The van der Waals surface area contributed by atoms with Crippen molar-refractivity contribution >= 4 is 17.4 Å². The molecule has 0 aromatic heterocycles. The number of amides is 1. The van der Waals surface area contributed by atoms with Crippen LogP contribution in [0.3, 0.4) is 0 Å². The molecule has 2 aromatic rings. The fourth-order valence-corrected chi connectivity index (χ4v) is 3.20. The smallest absolute Gasteiger partial charge is 0.295 e. The van der Waals surface area contributed by atoms with Gasteiger partial charge in [0, 0.05) is 17.7 Å². The monoisotopic (exact) mass is 371 g/mol. The van der Waals surface area contributed by atoms with E-state index in [1.165, 1.54) is 24.1 Å². The Morgan fingerprint density at radius 2 is 1.81 bits per heavy atom. The molecule has 7 heteroatoms. The average Bonchev–Trinajstić information content (AvgIpc) is 2.93. The number of rotatable bonds is 5. The van der Waals surface area contributed by atoms with Crippen LogP contribution in [-0.2, 0) is 9.59 Å². The Bertz CT molecular complexity index is 907. The summed E-state index contributed by atoms with van der Waals surface area (Å²) >= 11 is 0. The van der Waals surface area contributed by atoms with Gasteiger partial charge in [-0.25, -0.2) is 4.39 Å². The Labute approximate surface area is 155 Å². The van der Waals surface area contributed by atoms with Crippen LogP contribution in [-0.4, -0.2) is 47.1 Å². The van der Waals surface area contributed by atoms with Crippen LogP contribution in [0.5, 0.6) is 5.75 Å². The van der Waals surface area contributed by atoms with Crippen molar-refractivity contribution in [2.75, 3.05) is 20.3 Å². The predicted molar refractivity (Wildman–Crippen MR) is 95.5 cm³/mol. The molecule has 2 N–H and O–H groups in total. The first-order valence-corrected chi connectivity index (χ1v) is 8.27. The number of nitrogens with zero attached hydrogens (tertiary/aromatic N) is 1. The maximum absolute atomic E-state index is 13.2. The average molecular weight is 371 g/mol. The molecule has 1 fully saturated rings. The normalized spacial score (nSPS) is 18.8. The number of ketones is 1. The van der Waals surface area contributed by atoms with Gasteiger partial charge >= 0.3 is 0 Å². The Balaban J connectivity index is 2.22. The quantitative estimate of drug-likeness (QED) is 0.478. The fourth-order valence-electron chi connectivity index (χ4n) is 3.20. The molecule has 1 unspecified atom stereocenters. The van der Waals surface area contributed by atoms with Crippen LogP contribution < -0.4 is 4.74 Å². The zero-order chi connectivity index (χ0) is 19.6. The van der Waals surface area contributed by atoms with Crippen molar-refractivity contribution in [3.05, 3.63) is 71.0 Å². The van der Waals surface area contributed by atoms with Crippen molar-refractivity contribution < 1.29 is 28.9 Å². The summed E-state index contributed by atoms with van der Waals surface area (Å²) in [4.78, 5) is 26.3. The van der Waals surface area contributed by atoms with Crippen LogP contribution in [0.25, 0.3) is 5.76 Å². The zero-order valence-electron chi connectivity index (χ0n) is 14.6. The van der Waals surface area contributed by atoms with Crippen LogP contribution in [0, 0.1) is 5.82 Å². The summed E-state index contributed by atoms with van der Waals surface area (Å²) in [6.45, 7) is -0.442. The second kappa shape index (κ2) is 7.59. The maximum atomic E-state index is 13.2. The van der Waals surface area contributed by atoms with Gasteiger partial charge in [0.25, 0.3) is 11.7 Å². The molecule has 1 saturated heterocycles. The molecule has 0 saturated carbocycles. The Morgan fingerprint density at radius 1 is 1.15 bits per heavy atom. The lowest BCUT2D eigenvalue weighted by molar-refractivity contribution is -0.140. The second-order valence-corrected chi connectivity index (χ2v) is 5.96. The van der Waals surface area contributed by atoms with Gasteiger partial charge in [-0.1, -0.05) is 18.2 Å². The molecule has 3 rings (SSSR count). The molecular weight excluding hydrogens is 353 g/mol. The minimum atomic E-state index is -0.932. The van der Waals surface area contributed by atoms with Crippen LogP contribution in [0.2, 0.25) is 0 Å². The minimum Gasteiger partial charge on any atom is -0.507 e. The first-order chi connectivity index (χ1) is 13.0. The topological polar surface area (TPSA) is 87.1 Å². The van der Waals surface area contributed by atoms with E-state index in [9.17, 15) is 24.2 Å². The highest BCUT2D eigenvalue weighted by atomic mass is 19.1. The summed E-state index contributed by atoms with van der Waals surface area (Å²) < 4.78 is 18.5. The molecule has 1 heterocycles. The molecule has 1 aliphatic heterocycles. The molecule has 27 heavy (non-hydrogen) atoms. The summed E-state index contributed by atoms with van der Waals surface area (Å²) in [6.07, 6.45) is 0. The number of likely N-dealkylation sites (tertiary alicyclic amines) is 1. The largest absolute Gasteiger partial charge is 0.507 e. The number of aliphatic hydroxyl groups excluding tert-OH is 2. The van der Waals surface area contributed by atoms with E-state index in [2.05, 4.69) is 0 Å². The van der Waals surface area contributed by atoms with E-state index in [1.54, 1.807) is 24.3 Å². The van der Waals surface area contributed by atoms with Crippen molar-refractivity contribution in [1.29, 1.82) is 0 Å². The van der Waals surface area contributed by atoms with Crippen molar-refractivity contribution in [3.63, 3.8) is 0 Å². The molecular formula is C20H18FNO5. The number of β-amino-alcohol motifs (C(OH)–C–C–N with tert-alkyl or cyclic N) is 1. The summed E-state index contributed by atoms with van der Waals surface area (Å²) in [5, 5.41) is 20.1. The van der Waals surface area contributed by atoms with Gasteiger partial charge in [0.15, 0.2) is 0 Å². The first-order valence-electron chi connectivity index (χ1n) is 8.27. The molecule has 0 aliphatic carbocycles. The van der Waals surface area contributed by atoms with Gasteiger partial charge in [0.2, 0.25) is 0 Å². The number of aliphatic hydroxyl groups is 2. The van der Waals surface area contributed by atoms with Gasteiger partial charge in [0.1, 0.15) is 17.3 Å². The molecule has 0 spiro atoms. The van der Waals surface area contributed by atoms with Gasteiger partial charge in [-0.3, -0.25) is 9.59 Å². The van der Waals surface area contributed by atoms with E-state index in [0.29, 0.717) is 11.3 Å². The fraction of sp³-hybridized carbons (Fsp3) is 0.200. The van der Waals surface area contributed by atoms with Crippen molar-refractivity contribution in [2.24, 2.45) is 0 Å². The second-order valence-electron chi connectivity index (χ2n) is 5.96. The summed E-state index contributed by atoms with van der Waals surface area (Å²) in [5.41, 5.74) is 0.569. The zero-order valence-corrected chi connectivity index (χ0v) is 14.6. The highest BCUT2D eigenvalue weighted by molar-refractivity contribution is 6.46. The van der Waals surface area contributed by atoms with E-state index < -0.39 is 29.3 Å². The summed E-state index contributed by atoms with van der Waals surface area (Å²) in [5.74, 6) is -2.18. The molecule has 0 radical (unpaired) electrons. The highest BCUT2D eigenvalue weighted by Gasteiger charge is 2.46. The number of hydrogen-bond donors (Lipinski definition) is 2. The SMILES string of the molecule is COc1ccccc1C1/C(=C(/O)c2ccc(F)cc2)C(=O)C(=O)N1CCO. The van der Waals surface area contributed by atoms with Gasteiger partial charge in [0.05, 0.1) is 25.3 Å². The van der Waals surface area contributed by atoms with Crippen molar-refractivity contribution in [1.82, 2.24) is 4.90 Å². The maximum Gasteiger partial charge on any atom is 0.295 e. The lowest BCUT2D eigenvalue weighted by Gasteiger charge is -2.25. The van der Waals surface area contributed by atoms with Crippen LogP contribution >= 0.6 is 0 Å². The van der Waals surface area contributed by atoms with Gasteiger partial charge in [-0.05, 0) is 30.3 Å². The number of methoxy groups -OCH3 is 1. The van der Waals surface area contributed by atoms with Gasteiger partial charge < -0.3 is 19.8 Å². The van der Waals surface area contributed by atoms with Crippen LogP contribution in [0.4, 0.5) is 4.39 Å². The van der Waals surface area contributed by atoms with E-state index in [1.807, 2.05) is 0 Å². The minimum absolute atomic E-state index is 0.0898. The number of Topliss-reactive ketones (excluding diaryl/α,β-unsaturated/α-hetero) is 1. The summed E-state index contributed by atoms with van der Waals surface area (Å²) in [6, 6.07) is 10.8. The lowest BCUT2D eigenvalue weighted by atomic mass is 9.94. The molecule has 1 amide bonds. The van der Waals surface area contributed by atoms with E-state index >= 15 is 0 Å². The molecule has 0 bridgehead atoms. The van der Waals surface area contributed by atoms with Crippen molar-refractivity contribution in [2.45, 2.75) is 6.04 Å². The van der Waals surface area contributed by atoms with Crippen LogP contribution in [0.1, 0.15) is 17.2 Å². The number of benzene rings is 2. The number of ether oxygens (including phenoxy) is 1. The third kappa shape index (κ3) is 3.29. The highest BCUT2D eigenvalue weighted by Crippen LogP contribution is 2.42. The molecule has 6 nitrogen and oxygen atoms in total. The number of carbonyl (C=O) groups is 2. The lowest BCUT2D eigenvalue weighted by Crippen LogP contribution is -2.32. The van der Waals surface area contributed by atoms with E-state index in [4.69, 9.17) is 4.74 Å². The Kier molecular flexibility index (Phi) is 5.23. The third-order valence-corrected chi connectivity index (χ3v) is 4.43. The van der Waals surface area contributed by atoms with E-state index in [-0.39, 0.29) is 24.3 Å². The summed E-state index contributed by atoms with van der Waals surface area (Å²) in [7, 11) is 1.46. The van der Waals surface area contributed by atoms with Gasteiger partial charge in [-0.15, -0.1) is 0 Å².